The first kappa shape index (κ1) is 29.7. The SMILES string of the molecule is C=O.CNc1cc(F)c(Cl)cc1-n1nnc2ncccc21.COC.Cc1ccc(C(C)(C)C)cc1. The van der Waals surface area contributed by atoms with Crippen molar-refractivity contribution >= 4 is 35.2 Å². The van der Waals surface area contributed by atoms with Gasteiger partial charge >= 0.3 is 0 Å². The molecule has 0 fully saturated rings. The minimum Gasteiger partial charge on any atom is -0.388 e. The molecule has 0 bridgehead atoms. The van der Waals surface area contributed by atoms with E-state index in [4.69, 9.17) is 16.4 Å². The summed E-state index contributed by atoms with van der Waals surface area (Å²) in [6.07, 6.45) is 1.64. The van der Waals surface area contributed by atoms with Crippen LogP contribution in [-0.2, 0) is 14.9 Å². The lowest BCUT2D eigenvalue weighted by molar-refractivity contribution is -0.0979. The third kappa shape index (κ3) is 8.42. The second-order valence-corrected chi connectivity index (χ2v) is 8.81. The minimum atomic E-state index is -0.489. The molecule has 0 amide bonds. The Hall–Kier alpha value is -3.36. The van der Waals surface area contributed by atoms with Gasteiger partial charge in [-0.05, 0) is 36.1 Å². The number of aryl methyl sites for hydroxylation is 1. The first-order valence-corrected chi connectivity index (χ1v) is 11.1. The van der Waals surface area contributed by atoms with E-state index in [1.807, 2.05) is 12.9 Å². The van der Waals surface area contributed by atoms with Gasteiger partial charge in [0.2, 0.25) is 5.65 Å². The highest BCUT2D eigenvalue weighted by atomic mass is 35.5. The van der Waals surface area contributed by atoms with Gasteiger partial charge in [0, 0.05) is 33.5 Å². The molecule has 0 aliphatic heterocycles. The molecule has 0 radical (unpaired) electrons. The van der Waals surface area contributed by atoms with E-state index in [-0.39, 0.29) is 10.4 Å². The van der Waals surface area contributed by atoms with Gasteiger partial charge < -0.3 is 14.8 Å². The van der Waals surface area contributed by atoms with Crippen molar-refractivity contribution in [2.45, 2.75) is 33.1 Å². The average Bonchev–Trinajstić information content (AvgIpc) is 3.26. The Labute approximate surface area is 211 Å². The fraction of sp³-hybridized carbons (Fsp3) is 0.308. The quantitative estimate of drug-likeness (QED) is 0.361. The summed E-state index contributed by atoms with van der Waals surface area (Å²) in [5.74, 6) is -0.489. The number of benzene rings is 2. The van der Waals surface area contributed by atoms with Gasteiger partial charge in [0.05, 0.1) is 16.4 Å². The summed E-state index contributed by atoms with van der Waals surface area (Å²) in [5, 5.41) is 10.9. The zero-order chi connectivity index (χ0) is 26.6. The molecule has 2 aromatic carbocycles. The molecular weight excluding hydrogens is 469 g/mol. The number of anilines is 1. The third-order valence-electron chi connectivity index (χ3n) is 4.68. The number of rotatable bonds is 2. The van der Waals surface area contributed by atoms with Crippen molar-refractivity contribution in [3.8, 4) is 5.69 Å². The summed E-state index contributed by atoms with van der Waals surface area (Å²) >= 11 is 5.83. The molecule has 0 spiro atoms. The van der Waals surface area contributed by atoms with Crippen LogP contribution in [-0.4, -0.2) is 48.0 Å². The summed E-state index contributed by atoms with van der Waals surface area (Å²) in [6, 6.07) is 15.2. The molecule has 2 aromatic heterocycles. The largest absolute Gasteiger partial charge is 0.388 e. The summed E-state index contributed by atoms with van der Waals surface area (Å²) < 4.78 is 19.3. The number of carbonyl (C=O) groups excluding carboxylic acids is 1. The number of carbonyl (C=O) groups is 1. The number of pyridine rings is 1. The third-order valence-corrected chi connectivity index (χ3v) is 4.97. The average molecular weight is 502 g/mol. The lowest BCUT2D eigenvalue weighted by atomic mass is 9.87. The maximum atomic E-state index is 13.5. The number of aromatic nitrogens is 4. The van der Waals surface area contributed by atoms with Crippen molar-refractivity contribution in [1.82, 2.24) is 20.0 Å². The number of nitrogens with one attached hydrogen (secondary N) is 1. The second-order valence-electron chi connectivity index (χ2n) is 8.41. The molecule has 7 nitrogen and oxygen atoms in total. The Morgan fingerprint density at radius 1 is 1.09 bits per heavy atom. The molecule has 9 heteroatoms. The molecule has 0 aliphatic rings. The predicted octanol–water partition coefficient (Wildman–Crippen LogP) is 6.02. The molecule has 1 N–H and O–H groups in total. The van der Waals surface area contributed by atoms with Crippen LogP contribution in [0.15, 0.2) is 54.7 Å². The van der Waals surface area contributed by atoms with E-state index in [1.54, 1.807) is 38.2 Å². The highest BCUT2D eigenvalue weighted by molar-refractivity contribution is 6.31. The predicted molar refractivity (Wildman–Crippen MR) is 141 cm³/mol. The monoisotopic (exact) mass is 501 g/mol. The van der Waals surface area contributed by atoms with Crippen LogP contribution in [0.4, 0.5) is 10.1 Å². The number of ether oxygens (including phenoxy) is 1. The van der Waals surface area contributed by atoms with Crippen molar-refractivity contribution < 1.29 is 13.9 Å². The van der Waals surface area contributed by atoms with Crippen LogP contribution < -0.4 is 5.32 Å². The lowest BCUT2D eigenvalue weighted by Crippen LogP contribution is -2.10. The van der Waals surface area contributed by atoms with Gasteiger partial charge in [-0.3, -0.25) is 0 Å². The van der Waals surface area contributed by atoms with Crippen LogP contribution in [0.25, 0.3) is 16.9 Å². The number of halogens is 2. The highest BCUT2D eigenvalue weighted by Gasteiger charge is 2.14. The first-order chi connectivity index (χ1) is 16.6. The number of hydrogen-bond acceptors (Lipinski definition) is 6. The van der Waals surface area contributed by atoms with E-state index >= 15 is 0 Å². The summed E-state index contributed by atoms with van der Waals surface area (Å²) in [7, 11) is 4.95. The van der Waals surface area contributed by atoms with Crippen molar-refractivity contribution in [1.29, 1.82) is 0 Å². The topological polar surface area (TPSA) is 81.9 Å². The fourth-order valence-corrected chi connectivity index (χ4v) is 3.07. The van der Waals surface area contributed by atoms with E-state index in [9.17, 15) is 4.39 Å². The van der Waals surface area contributed by atoms with Crippen molar-refractivity contribution in [3.63, 3.8) is 0 Å². The molecule has 4 aromatic rings. The van der Waals surface area contributed by atoms with Crippen molar-refractivity contribution in [2.24, 2.45) is 0 Å². The molecule has 2 heterocycles. The van der Waals surface area contributed by atoms with Crippen LogP contribution >= 0.6 is 11.6 Å². The molecule has 0 atom stereocenters. The van der Waals surface area contributed by atoms with E-state index in [1.165, 1.54) is 23.3 Å². The number of hydrogen-bond donors (Lipinski definition) is 1. The Kier molecular flexibility index (Phi) is 12.0. The van der Waals surface area contributed by atoms with Crippen LogP contribution in [0.3, 0.4) is 0 Å². The number of nitrogens with zero attached hydrogens (tertiary/aromatic N) is 4. The van der Waals surface area contributed by atoms with E-state index in [0.29, 0.717) is 17.0 Å². The maximum absolute atomic E-state index is 13.5. The molecule has 4 rings (SSSR count). The normalized spacial score (nSPS) is 10.2. The van der Waals surface area contributed by atoms with E-state index in [2.05, 4.69) is 77.3 Å². The van der Waals surface area contributed by atoms with Gasteiger partial charge in [0.25, 0.3) is 0 Å². The van der Waals surface area contributed by atoms with Gasteiger partial charge in [-0.2, -0.15) is 0 Å². The molecular formula is C26H33ClFN5O2. The Balaban J connectivity index is 0.000000326. The molecule has 0 unspecified atom stereocenters. The smallest absolute Gasteiger partial charge is 0.202 e. The van der Waals surface area contributed by atoms with Gasteiger partial charge in [-0.1, -0.05) is 67.4 Å². The fourth-order valence-electron chi connectivity index (χ4n) is 2.91. The zero-order valence-electron chi connectivity index (χ0n) is 21.3. The molecule has 0 saturated carbocycles. The number of methoxy groups -OCH3 is 1. The van der Waals surface area contributed by atoms with E-state index < -0.39 is 5.82 Å². The Morgan fingerprint density at radius 3 is 2.23 bits per heavy atom. The Bertz CT molecular complexity index is 1190. The van der Waals surface area contributed by atoms with Gasteiger partial charge in [0.1, 0.15) is 18.1 Å². The van der Waals surface area contributed by atoms with Crippen LogP contribution in [0.5, 0.6) is 0 Å². The summed E-state index contributed by atoms with van der Waals surface area (Å²) in [4.78, 5) is 12.1. The minimum absolute atomic E-state index is 0.0292. The first-order valence-electron chi connectivity index (χ1n) is 10.7. The number of fused-ring (bicyclic) bond motifs is 1. The standard InChI is InChI=1S/C12H9ClFN5.C11H16.C2H6O.CH2O/c1-15-9-6-8(14)7(13)5-11(9)19-10-3-2-4-16-12(10)17-18-19;1-9-5-7-10(8-6-9)11(2,3)4;1-3-2;1-2/h2-6,15H,1H3;5-8H,1-4H3;1-2H3;1H2. The zero-order valence-corrected chi connectivity index (χ0v) is 22.0. The van der Waals surface area contributed by atoms with Gasteiger partial charge in [-0.25, -0.2) is 14.1 Å². The van der Waals surface area contributed by atoms with E-state index in [0.717, 1.165) is 5.52 Å². The van der Waals surface area contributed by atoms with Crippen LogP contribution in [0, 0.1) is 12.7 Å². The summed E-state index contributed by atoms with van der Waals surface area (Å²) in [6.45, 7) is 10.8. The molecule has 0 saturated heterocycles. The summed E-state index contributed by atoms with van der Waals surface area (Å²) in [5.41, 5.74) is 5.45. The van der Waals surface area contributed by atoms with Crippen molar-refractivity contribution in [3.05, 3.63) is 76.7 Å². The van der Waals surface area contributed by atoms with Gasteiger partial charge in [0.15, 0.2) is 0 Å². The molecule has 188 valence electrons. The van der Waals surface area contributed by atoms with Crippen LogP contribution in [0.2, 0.25) is 5.02 Å². The second kappa shape index (κ2) is 14.1. The molecule has 0 aliphatic carbocycles. The Morgan fingerprint density at radius 2 is 1.69 bits per heavy atom. The maximum Gasteiger partial charge on any atom is 0.202 e. The molecule has 35 heavy (non-hydrogen) atoms. The highest BCUT2D eigenvalue weighted by Crippen LogP contribution is 2.28. The van der Waals surface area contributed by atoms with Crippen molar-refractivity contribution in [2.75, 3.05) is 26.6 Å². The van der Waals surface area contributed by atoms with Gasteiger partial charge in [-0.15, -0.1) is 5.10 Å². The van der Waals surface area contributed by atoms with Crippen LogP contribution in [0.1, 0.15) is 31.9 Å². The lowest BCUT2D eigenvalue weighted by Gasteiger charge is -2.18.